The highest BCUT2D eigenvalue weighted by Gasteiger charge is 2.44. The number of ether oxygens (including phenoxy) is 1. The SMILES string of the molecule is CC(C)Cc1ccc(C(C)Nc2ncnc3c2ncn3[C@@H]2O[C@H](CO)C(O)C2O)cc1. The van der Waals surface area contributed by atoms with Crippen molar-refractivity contribution in [1.29, 1.82) is 0 Å². The fourth-order valence-corrected chi connectivity index (χ4v) is 3.96. The van der Waals surface area contributed by atoms with Gasteiger partial charge in [0.2, 0.25) is 0 Å². The van der Waals surface area contributed by atoms with Gasteiger partial charge in [0.15, 0.2) is 23.2 Å². The molecule has 3 aromatic rings. The van der Waals surface area contributed by atoms with Crippen LogP contribution in [0.3, 0.4) is 0 Å². The van der Waals surface area contributed by atoms with E-state index in [9.17, 15) is 15.3 Å². The third-order valence-electron chi connectivity index (χ3n) is 5.63. The van der Waals surface area contributed by atoms with Crippen LogP contribution in [0.4, 0.5) is 5.82 Å². The predicted molar refractivity (Wildman–Crippen MR) is 115 cm³/mol. The topological polar surface area (TPSA) is 126 Å². The molecule has 1 fully saturated rings. The maximum absolute atomic E-state index is 10.3. The summed E-state index contributed by atoms with van der Waals surface area (Å²) in [4.78, 5) is 13.0. The summed E-state index contributed by atoms with van der Waals surface area (Å²) in [5.74, 6) is 1.18. The van der Waals surface area contributed by atoms with E-state index in [1.165, 1.54) is 18.2 Å². The van der Waals surface area contributed by atoms with Crippen molar-refractivity contribution in [2.45, 2.75) is 57.8 Å². The lowest BCUT2D eigenvalue weighted by atomic mass is 10.00. The second-order valence-electron chi connectivity index (χ2n) is 8.48. The lowest BCUT2D eigenvalue weighted by Gasteiger charge is -2.17. The number of anilines is 1. The molecule has 0 amide bonds. The van der Waals surface area contributed by atoms with Gasteiger partial charge in [-0.15, -0.1) is 0 Å². The van der Waals surface area contributed by atoms with E-state index < -0.39 is 31.1 Å². The van der Waals surface area contributed by atoms with Crippen molar-refractivity contribution in [3.63, 3.8) is 0 Å². The van der Waals surface area contributed by atoms with E-state index in [1.807, 2.05) is 0 Å². The van der Waals surface area contributed by atoms with Crippen LogP contribution in [-0.2, 0) is 11.2 Å². The van der Waals surface area contributed by atoms with Gasteiger partial charge >= 0.3 is 0 Å². The molecule has 3 unspecified atom stereocenters. The van der Waals surface area contributed by atoms with E-state index >= 15 is 0 Å². The number of nitrogens with zero attached hydrogens (tertiary/aromatic N) is 4. The second-order valence-corrected chi connectivity index (χ2v) is 8.48. The van der Waals surface area contributed by atoms with Crippen LogP contribution < -0.4 is 5.32 Å². The van der Waals surface area contributed by atoms with Gasteiger partial charge in [-0.2, -0.15) is 0 Å². The smallest absolute Gasteiger partial charge is 0.167 e. The van der Waals surface area contributed by atoms with Gasteiger partial charge in [-0.3, -0.25) is 4.57 Å². The first-order chi connectivity index (χ1) is 14.9. The second kappa shape index (κ2) is 8.88. The lowest BCUT2D eigenvalue weighted by molar-refractivity contribution is -0.0511. The molecule has 0 spiro atoms. The molecule has 1 saturated heterocycles. The van der Waals surface area contributed by atoms with Crippen molar-refractivity contribution in [2.75, 3.05) is 11.9 Å². The number of fused-ring (bicyclic) bond motifs is 1. The molecule has 5 atom stereocenters. The van der Waals surface area contributed by atoms with Crippen LogP contribution in [0, 0.1) is 5.92 Å². The third kappa shape index (κ3) is 4.27. The highest BCUT2D eigenvalue weighted by atomic mass is 16.6. The number of rotatable bonds is 7. The summed E-state index contributed by atoms with van der Waals surface area (Å²) < 4.78 is 7.16. The standard InChI is InChI=1S/C22H29N5O4/c1-12(2)8-14-4-6-15(7-5-14)13(3)26-20-17-21(24-10-23-20)27(11-25-17)22-19(30)18(29)16(9-28)31-22/h4-7,10-13,16,18-19,22,28-30H,8-9H2,1-3H3,(H,23,24,26)/t13?,16-,18?,19?,22-/m1/s1. The highest BCUT2D eigenvalue weighted by Crippen LogP contribution is 2.32. The molecule has 0 aliphatic carbocycles. The minimum absolute atomic E-state index is 0.00902. The minimum Gasteiger partial charge on any atom is -0.394 e. The Labute approximate surface area is 180 Å². The van der Waals surface area contributed by atoms with E-state index in [1.54, 1.807) is 4.57 Å². The van der Waals surface area contributed by atoms with Gasteiger partial charge in [0.1, 0.15) is 24.6 Å². The summed E-state index contributed by atoms with van der Waals surface area (Å²) in [6.45, 7) is 6.07. The van der Waals surface area contributed by atoms with E-state index in [2.05, 4.69) is 65.3 Å². The summed E-state index contributed by atoms with van der Waals surface area (Å²) >= 11 is 0. The van der Waals surface area contributed by atoms with Crippen molar-refractivity contribution in [1.82, 2.24) is 19.5 Å². The van der Waals surface area contributed by atoms with Gasteiger partial charge in [0, 0.05) is 0 Å². The zero-order chi connectivity index (χ0) is 22.1. The highest BCUT2D eigenvalue weighted by molar-refractivity contribution is 5.82. The number of aliphatic hydroxyl groups is 3. The van der Waals surface area contributed by atoms with Crippen molar-refractivity contribution in [3.8, 4) is 0 Å². The molecule has 3 heterocycles. The zero-order valence-electron chi connectivity index (χ0n) is 17.9. The van der Waals surface area contributed by atoms with E-state index in [0.29, 0.717) is 22.9 Å². The van der Waals surface area contributed by atoms with Gasteiger partial charge in [-0.05, 0) is 30.4 Å². The normalized spacial score (nSPS) is 24.7. The molecule has 4 N–H and O–H groups in total. The molecule has 0 radical (unpaired) electrons. The summed E-state index contributed by atoms with van der Waals surface area (Å²) in [6, 6.07) is 8.53. The Morgan fingerprint density at radius 1 is 1.06 bits per heavy atom. The maximum Gasteiger partial charge on any atom is 0.167 e. The fraction of sp³-hybridized carbons (Fsp3) is 0.500. The quantitative estimate of drug-likeness (QED) is 0.450. The number of nitrogens with one attached hydrogen (secondary N) is 1. The van der Waals surface area contributed by atoms with Gasteiger partial charge < -0.3 is 25.4 Å². The predicted octanol–water partition coefficient (Wildman–Crippen LogP) is 1.81. The minimum atomic E-state index is -1.20. The Morgan fingerprint density at radius 2 is 1.81 bits per heavy atom. The summed E-state index contributed by atoms with van der Waals surface area (Å²) in [7, 11) is 0. The van der Waals surface area contributed by atoms with Crippen LogP contribution in [0.15, 0.2) is 36.9 Å². The molecule has 31 heavy (non-hydrogen) atoms. The van der Waals surface area contributed by atoms with Gasteiger partial charge in [-0.25, -0.2) is 15.0 Å². The van der Waals surface area contributed by atoms with E-state index in [-0.39, 0.29) is 6.04 Å². The number of imidazole rings is 1. The summed E-state index contributed by atoms with van der Waals surface area (Å²) in [6.07, 6.45) is -0.192. The van der Waals surface area contributed by atoms with Crippen LogP contribution in [0.1, 0.15) is 44.2 Å². The van der Waals surface area contributed by atoms with Gasteiger partial charge in [0.25, 0.3) is 0 Å². The Bertz CT molecular complexity index is 1020. The van der Waals surface area contributed by atoms with Crippen LogP contribution in [0.25, 0.3) is 11.2 Å². The average molecular weight is 428 g/mol. The summed E-state index contributed by atoms with van der Waals surface area (Å²) in [5, 5.41) is 33.1. The Hall–Kier alpha value is -2.59. The Morgan fingerprint density at radius 3 is 2.45 bits per heavy atom. The summed E-state index contributed by atoms with van der Waals surface area (Å²) in [5.41, 5.74) is 3.44. The van der Waals surface area contributed by atoms with E-state index in [0.717, 1.165) is 12.0 Å². The molecule has 166 valence electrons. The Kier molecular flexibility index (Phi) is 6.19. The molecule has 1 aliphatic rings. The monoisotopic (exact) mass is 427 g/mol. The first-order valence-electron chi connectivity index (χ1n) is 10.5. The molecule has 9 nitrogen and oxygen atoms in total. The number of aliphatic hydroxyl groups excluding tert-OH is 3. The molecule has 1 aliphatic heterocycles. The number of aromatic nitrogens is 4. The number of benzene rings is 1. The van der Waals surface area contributed by atoms with Crippen molar-refractivity contribution >= 4 is 17.0 Å². The maximum atomic E-state index is 10.3. The first kappa shape index (κ1) is 21.6. The lowest BCUT2D eigenvalue weighted by Crippen LogP contribution is -2.33. The van der Waals surface area contributed by atoms with Gasteiger partial charge in [0.05, 0.1) is 19.0 Å². The van der Waals surface area contributed by atoms with Gasteiger partial charge in [-0.1, -0.05) is 38.1 Å². The molecule has 9 heteroatoms. The largest absolute Gasteiger partial charge is 0.394 e. The molecule has 1 aromatic carbocycles. The van der Waals surface area contributed by atoms with Crippen LogP contribution in [0.2, 0.25) is 0 Å². The third-order valence-corrected chi connectivity index (χ3v) is 5.63. The molecule has 4 rings (SSSR count). The zero-order valence-corrected chi connectivity index (χ0v) is 17.9. The van der Waals surface area contributed by atoms with Crippen LogP contribution >= 0.6 is 0 Å². The first-order valence-corrected chi connectivity index (χ1v) is 10.5. The molecular weight excluding hydrogens is 398 g/mol. The average Bonchev–Trinajstić information content (AvgIpc) is 3.30. The van der Waals surface area contributed by atoms with Crippen LogP contribution in [0.5, 0.6) is 0 Å². The molecule has 0 saturated carbocycles. The fourth-order valence-electron chi connectivity index (χ4n) is 3.96. The number of hydrogen-bond donors (Lipinski definition) is 4. The van der Waals surface area contributed by atoms with Crippen molar-refractivity contribution < 1.29 is 20.1 Å². The van der Waals surface area contributed by atoms with Crippen molar-refractivity contribution in [3.05, 3.63) is 48.0 Å². The number of hydrogen-bond acceptors (Lipinski definition) is 8. The molecular formula is C22H29N5O4. The van der Waals surface area contributed by atoms with E-state index in [4.69, 9.17) is 4.74 Å². The van der Waals surface area contributed by atoms with Crippen LogP contribution in [-0.4, -0.2) is 59.8 Å². The molecule has 0 bridgehead atoms. The molecule has 2 aromatic heterocycles. The Balaban J connectivity index is 1.56. The van der Waals surface area contributed by atoms with Crippen molar-refractivity contribution in [2.24, 2.45) is 5.92 Å².